The topological polar surface area (TPSA) is 17.8 Å². The molecule has 106 valence electrons. The van der Waals surface area contributed by atoms with E-state index < -0.39 is 0 Å². The van der Waals surface area contributed by atoms with Crippen molar-refractivity contribution in [3.8, 4) is 0 Å². The molecule has 2 aliphatic carbocycles. The number of halogens is 1. The van der Waals surface area contributed by atoms with Gasteiger partial charge >= 0.3 is 0 Å². The summed E-state index contributed by atoms with van der Waals surface area (Å²) in [7, 11) is -0.304. The second-order valence-electron chi connectivity index (χ2n) is 6.37. The van der Waals surface area contributed by atoms with Crippen molar-refractivity contribution in [2.24, 2.45) is 0 Å². The van der Waals surface area contributed by atoms with Crippen molar-refractivity contribution >= 4 is 24.5 Å². The van der Waals surface area contributed by atoms with E-state index in [-0.39, 0.29) is 13.7 Å². The van der Waals surface area contributed by atoms with Crippen molar-refractivity contribution in [2.45, 2.75) is 44.1 Å². The zero-order valence-corrected chi connectivity index (χ0v) is 13.0. The summed E-state index contributed by atoms with van der Waals surface area (Å²) in [6, 6.07) is 4.47. The first-order valence-corrected chi connectivity index (χ1v) is 9.78. The second kappa shape index (κ2) is 4.53. The number of hydrogen-bond acceptors (Lipinski definition) is 1. The molecule has 0 bridgehead atoms. The molecular weight excluding hydrogens is 270 g/mol. The van der Waals surface area contributed by atoms with Gasteiger partial charge in [0.25, 0.3) is 0 Å². The summed E-state index contributed by atoms with van der Waals surface area (Å²) < 4.78 is 17.2. The maximum absolute atomic E-state index is 15.0. The van der Waals surface area contributed by atoms with Crippen molar-refractivity contribution in [2.75, 3.05) is 13.3 Å². The van der Waals surface area contributed by atoms with Gasteiger partial charge in [-0.3, -0.25) is 0 Å². The van der Waals surface area contributed by atoms with E-state index in [0.717, 1.165) is 35.0 Å². The molecule has 2 saturated carbocycles. The predicted octanol–water partition coefficient (Wildman–Crippen LogP) is 4.14. The third kappa shape index (κ3) is 1.83. The van der Waals surface area contributed by atoms with Crippen LogP contribution in [0.5, 0.6) is 0 Å². The summed E-state index contributed by atoms with van der Waals surface area (Å²) in [6.45, 7) is 4.43. The lowest BCUT2D eigenvalue weighted by Crippen LogP contribution is -2.26. The van der Waals surface area contributed by atoms with Crippen LogP contribution in [0.25, 0.3) is 11.0 Å². The minimum absolute atomic E-state index is 0.00694. The Hall–Kier alpha value is -0.950. The SMILES string of the molecule is CP(C)c1nc2ccc(C3CC3)c(F)c2n1C1CCC1. The van der Waals surface area contributed by atoms with Crippen LogP contribution in [-0.4, -0.2) is 22.9 Å². The van der Waals surface area contributed by atoms with E-state index in [1.807, 2.05) is 12.1 Å². The van der Waals surface area contributed by atoms with Crippen molar-refractivity contribution in [1.29, 1.82) is 0 Å². The average molecular weight is 290 g/mol. The van der Waals surface area contributed by atoms with Crippen LogP contribution >= 0.6 is 7.92 Å². The lowest BCUT2D eigenvalue weighted by molar-refractivity contribution is 0.324. The van der Waals surface area contributed by atoms with Gasteiger partial charge in [-0.05, 0) is 70.9 Å². The first-order chi connectivity index (χ1) is 9.66. The van der Waals surface area contributed by atoms with Crippen molar-refractivity contribution in [1.82, 2.24) is 9.55 Å². The maximum Gasteiger partial charge on any atom is 0.152 e. The highest BCUT2D eigenvalue weighted by Crippen LogP contribution is 2.44. The van der Waals surface area contributed by atoms with Crippen LogP contribution in [0.2, 0.25) is 0 Å². The molecule has 2 aromatic rings. The molecule has 0 unspecified atom stereocenters. The van der Waals surface area contributed by atoms with Crippen molar-refractivity contribution in [3.63, 3.8) is 0 Å². The van der Waals surface area contributed by atoms with Gasteiger partial charge in [0.05, 0.1) is 5.52 Å². The van der Waals surface area contributed by atoms with Gasteiger partial charge in [0.1, 0.15) is 11.1 Å². The van der Waals surface area contributed by atoms with Crippen LogP contribution in [0.15, 0.2) is 12.1 Å². The molecule has 0 amide bonds. The molecule has 1 aromatic heterocycles. The Balaban J connectivity index is 1.97. The Morgan fingerprint density at radius 3 is 2.50 bits per heavy atom. The van der Waals surface area contributed by atoms with E-state index >= 15 is 0 Å². The summed E-state index contributed by atoms with van der Waals surface area (Å²) in [5.74, 6) is 0.463. The number of rotatable bonds is 3. The Morgan fingerprint density at radius 1 is 1.20 bits per heavy atom. The van der Waals surface area contributed by atoms with Crippen molar-refractivity contribution in [3.05, 3.63) is 23.5 Å². The standard InChI is InChI=1S/C16H20FN2P/c1-20(2)16-18-13-9-8-12(10-6-7-10)14(17)15(13)19(16)11-4-3-5-11/h8-11H,3-7H2,1-2H3. The third-order valence-electron chi connectivity index (χ3n) is 4.66. The minimum Gasteiger partial charge on any atom is -0.319 e. The number of fused-ring (bicyclic) bond motifs is 1. The molecule has 4 heteroatoms. The van der Waals surface area contributed by atoms with Crippen LogP contribution < -0.4 is 5.57 Å². The molecule has 4 rings (SSSR count). The van der Waals surface area contributed by atoms with Crippen LogP contribution in [-0.2, 0) is 0 Å². The summed E-state index contributed by atoms with van der Waals surface area (Å²) in [5, 5.41) is 0. The fourth-order valence-electron chi connectivity index (χ4n) is 3.17. The molecule has 0 saturated heterocycles. The van der Waals surface area contributed by atoms with Crippen molar-refractivity contribution < 1.29 is 4.39 Å². The number of hydrogen-bond donors (Lipinski definition) is 0. The molecule has 2 fully saturated rings. The lowest BCUT2D eigenvalue weighted by atomic mass is 9.92. The number of benzene rings is 1. The first-order valence-electron chi connectivity index (χ1n) is 7.54. The van der Waals surface area contributed by atoms with Crippen LogP contribution in [0, 0.1) is 5.82 Å². The predicted molar refractivity (Wildman–Crippen MR) is 83.0 cm³/mol. The summed E-state index contributed by atoms with van der Waals surface area (Å²) >= 11 is 0. The van der Waals surface area contributed by atoms with Gasteiger partial charge in [-0.25, -0.2) is 9.37 Å². The van der Waals surface area contributed by atoms with E-state index in [4.69, 9.17) is 4.98 Å². The summed E-state index contributed by atoms with van der Waals surface area (Å²) in [5.41, 5.74) is 3.67. The Kier molecular flexibility index (Phi) is 2.89. The second-order valence-corrected chi connectivity index (χ2v) is 8.56. The van der Waals surface area contributed by atoms with Gasteiger partial charge in [0.15, 0.2) is 5.82 Å². The molecule has 2 nitrogen and oxygen atoms in total. The van der Waals surface area contributed by atoms with E-state index in [9.17, 15) is 4.39 Å². The average Bonchev–Trinajstić information content (AvgIpc) is 3.10. The quantitative estimate of drug-likeness (QED) is 0.777. The monoisotopic (exact) mass is 290 g/mol. The Labute approximate surface area is 120 Å². The third-order valence-corrected chi connectivity index (χ3v) is 5.77. The zero-order valence-electron chi connectivity index (χ0n) is 12.1. The van der Waals surface area contributed by atoms with Gasteiger partial charge in [0, 0.05) is 6.04 Å². The highest BCUT2D eigenvalue weighted by Gasteiger charge is 2.31. The molecule has 0 aliphatic heterocycles. The normalized spacial score (nSPS) is 19.8. The van der Waals surface area contributed by atoms with E-state index in [1.54, 1.807) is 0 Å². The maximum atomic E-state index is 15.0. The fraction of sp³-hybridized carbons (Fsp3) is 0.562. The summed E-state index contributed by atoms with van der Waals surface area (Å²) in [6.07, 6.45) is 5.89. The minimum atomic E-state index is -0.304. The number of nitrogens with zero attached hydrogens (tertiary/aromatic N) is 2. The molecule has 2 aliphatic rings. The van der Waals surface area contributed by atoms with Gasteiger partial charge in [-0.15, -0.1) is 0 Å². The molecule has 20 heavy (non-hydrogen) atoms. The zero-order chi connectivity index (χ0) is 13.9. The molecule has 1 aromatic carbocycles. The first kappa shape index (κ1) is 12.8. The molecule has 0 atom stereocenters. The van der Waals surface area contributed by atoms with Gasteiger partial charge < -0.3 is 4.57 Å². The highest BCUT2D eigenvalue weighted by molar-refractivity contribution is 7.63. The Bertz CT molecular complexity index is 669. The highest BCUT2D eigenvalue weighted by atomic mass is 31.1. The van der Waals surface area contributed by atoms with Crippen LogP contribution in [0.1, 0.15) is 49.6 Å². The summed E-state index contributed by atoms with van der Waals surface area (Å²) in [4.78, 5) is 4.75. The number of imidazole rings is 1. The fourth-order valence-corrected chi connectivity index (χ4v) is 4.17. The molecular formula is C16H20FN2P. The van der Waals surface area contributed by atoms with E-state index in [1.165, 1.54) is 19.3 Å². The van der Waals surface area contributed by atoms with Gasteiger partial charge in [-0.2, -0.15) is 0 Å². The molecule has 0 N–H and O–H groups in total. The van der Waals surface area contributed by atoms with Gasteiger partial charge in [0.2, 0.25) is 0 Å². The van der Waals surface area contributed by atoms with Crippen LogP contribution in [0.3, 0.4) is 0 Å². The van der Waals surface area contributed by atoms with Gasteiger partial charge in [-0.1, -0.05) is 6.07 Å². The molecule has 0 spiro atoms. The Morgan fingerprint density at radius 2 is 1.95 bits per heavy atom. The lowest BCUT2D eigenvalue weighted by Gasteiger charge is -2.30. The molecule has 1 heterocycles. The van der Waals surface area contributed by atoms with E-state index in [2.05, 4.69) is 17.9 Å². The largest absolute Gasteiger partial charge is 0.319 e. The molecule has 0 radical (unpaired) electrons. The van der Waals surface area contributed by atoms with Crippen LogP contribution in [0.4, 0.5) is 4.39 Å². The van der Waals surface area contributed by atoms with E-state index in [0.29, 0.717) is 12.0 Å². The smallest absolute Gasteiger partial charge is 0.152 e. The number of aromatic nitrogens is 2.